The maximum atomic E-state index is 5.99. The fourth-order valence-electron chi connectivity index (χ4n) is 2.97. The average molecular weight is 302 g/mol. The molecule has 108 valence electrons. The zero-order chi connectivity index (χ0) is 13.0. The molecule has 1 aromatic rings. The quantitative estimate of drug-likeness (QED) is 0.822. The first-order valence-corrected chi connectivity index (χ1v) is 7.53. The lowest BCUT2D eigenvalue weighted by Crippen LogP contribution is -2.39. The highest BCUT2D eigenvalue weighted by Crippen LogP contribution is 2.31. The van der Waals surface area contributed by atoms with Gasteiger partial charge in [0.15, 0.2) is 0 Å². The molecular weight excluding hydrogens is 277 g/mol. The van der Waals surface area contributed by atoms with Crippen LogP contribution in [0.2, 0.25) is 5.02 Å². The molecule has 3 heteroatoms. The van der Waals surface area contributed by atoms with Crippen molar-refractivity contribution in [3.8, 4) is 0 Å². The van der Waals surface area contributed by atoms with Gasteiger partial charge in [-0.15, -0.1) is 12.4 Å². The van der Waals surface area contributed by atoms with Gasteiger partial charge >= 0.3 is 0 Å². The van der Waals surface area contributed by atoms with E-state index in [0.29, 0.717) is 12.0 Å². The molecule has 0 spiro atoms. The molecule has 0 unspecified atom stereocenters. The van der Waals surface area contributed by atoms with Gasteiger partial charge in [0.1, 0.15) is 0 Å². The Morgan fingerprint density at radius 3 is 2.42 bits per heavy atom. The molecule has 1 aliphatic rings. The number of hydrogen-bond donors (Lipinski definition) is 1. The normalized spacial score (nSPS) is 20.9. The lowest BCUT2D eigenvalue weighted by atomic mass is 9.81. The zero-order valence-electron chi connectivity index (χ0n) is 11.9. The molecule has 2 rings (SSSR count). The third kappa shape index (κ3) is 4.98. The maximum Gasteiger partial charge on any atom is 0.0406 e. The zero-order valence-corrected chi connectivity index (χ0v) is 13.4. The van der Waals surface area contributed by atoms with Gasteiger partial charge in [-0.05, 0) is 55.3 Å². The fourth-order valence-corrected chi connectivity index (χ4v) is 3.10. The van der Waals surface area contributed by atoms with Gasteiger partial charge in [0.25, 0.3) is 0 Å². The summed E-state index contributed by atoms with van der Waals surface area (Å²) < 4.78 is 0. The van der Waals surface area contributed by atoms with E-state index in [2.05, 4.69) is 31.3 Å². The van der Waals surface area contributed by atoms with E-state index in [-0.39, 0.29) is 12.4 Å². The second-order valence-electron chi connectivity index (χ2n) is 5.84. The van der Waals surface area contributed by atoms with E-state index in [4.69, 9.17) is 11.6 Å². The summed E-state index contributed by atoms with van der Waals surface area (Å²) >= 11 is 5.99. The van der Waals surface area contributed by atoms with Crippen molar-refractivity contribution in [2.24, 2.45) is 5.92 Å². The molecular formula is C16H25Cl2N. The summed E-state index contributed by atoms with van der Waals surface area (Å²) in [6.07, 6.45) is 5.24. The largest absolute Gasteiger partial charge is 0.313 e. The number of benzene rings is 1. The predicted octanol–water partition coefficient (Wildman–Crippen LogP) is 5.03. The number of rotatable bonds is 4. The smallest absolute Gasteiger partial charge is 0.0406 e. The Labute approximate surface area is 128 Å². The van der Waals surface area contributed by atoms with Crippen LogP contribution in [0.25, 0.3) is 0 Å². The third-order valence-corrected chi connectivity index (χ3v) is 4.11. The van der Waals surface area contributed by atoms with Crippen LogP contribution in [0.5, 0.6) is 0 Å². The second kappa shape index (κ2) is 8.14. The molecule has 0 aromatic heterocycles. The molecule has 2 atom stereocenters. The minimum absolute atomic E-state index is 0. The Bertz CT molecular complexity index is 356. The first-order chi connectivity index (χ1) is 8.66. The second-order valence-corrected chi connectivity index (χ2v) is 6.28. The molecule has 1 aromatic carbocycles. The summed E-state index contributed by atoms with van der Waals surface area (Å²) in [6.45, 7) is 5.80. The Morgan fingerprint density at radius 2 is 1.89 bits per heavy atom. The molecule has 0 radical (unpaired) electrons. The SMILES string of the molecule is CC(C)C[C@H](c1ccc(Cl)cc1)[C@H]1CCCCN1.Cl. The van der Waals surface area contributed by atoms with Gasteiger partial charge in [0, 0.05) is 11.1 Å². The van der Waals surface area contributed by atoms with E-state index in [0.717, 1.165) is 10.9 Å². The topological polar surface area (TPSA) is 12.0 Å². The molecule has 1 N–H and O–H groups in total. The standard InChI is InChI=1S/C16H24ClN.ClH/c1-12(2)11-15(16-5-3-4-10-18-16)13-6-8-14(17)9-7-13;/h6-9,12,15-16,18H,3-5,10-11H2,1-2H3;1H/t15-,16-;/m1./s1. The third-order valence-electron chi connectivity index (χ3n) is 3.86. The summed E-state index contributed by atoms with van der Waals surface area (Å²) in [4.78, 5) is 0. The van der Waals surface area contributed by atoms with Crippen LogP contribution in [0.4, 0.5) is 0 Å². The van der Waals surface area contributed by atoms with Crippen LogP contribution in [0.3, 0.4) is 0 Å². The summed E-state index contributed by atoms with van der Waals surface area (Å²) in [5.41, 5.74) is 1.44. The van der Waals surface area contributed by atoms with Gasteiger partial charge < -0.3 is 5.32 Å². The molecule has 1 aliphatic heterocycles. The highest BCUT2D eigenvalue weighted by atomic mass is 35.5. The summed E-state index contributed by atoms with van der Waals surface area (Å²) in [5.74, 6) is 1.36. The number of hydrogen-bond acceptors (Lipinski definition) is 1. The van der Waals surface area contributed by atoms with Crippen LogP contribution in [0, 0.1) is 5.92 Å². The summed E-state index contributed by atoms with van der Waals surface area (Å²) in [7, 11) is 0. The number of halogens is 2. The van der Waals surface area contributed by atoms with E-state index < -0.39 is 0 Å². The number of nitrogens with one attached hydrogen (secondary N) is 1. The molecule has 1 saturated heterocycles. The lowest BCUT2D eigenvalue weighted by Gasteiger charge is -2.33. The van der Waals surface area contributed by atoms with Crippen LogP contribution in [-0.2, 0) is 0 Å². The van der Waals surface area contributed by atoms with Crippen LogP contribution >= 0.6 is 24.0 Å². The van der Waals surface area contributed by atoms with Crippen molar-refractivity contribution in [2.75, 3.05) is 6.54 Å². The van der Waals surface area contributed by atoms with Gasteiger partial charge in [-0.3, -0.25) is 0 Å². The van der Waals surface area contributed by atoms with Crippen molar-refractivity contribution in [1.29, 1.82) is 0 Å². The van der Waals surface area contributed by atoms with Crippen LogP contribution in [0.15, 0.2) is 24.3 Å². The monoisotopic (exact) mass is 301 g/mol. The molecule has 1 fully saturated rings. The van der Waals surface area contributed by atoms with Crippen LogP contribution in [0.1, 0.15) is 51.0 Å². The van der Waals surface area contributed by atoms with Crippen LogP contribution < -0.4 is 5.32 Å². The molecule has 1 nitrogen and oxygen atoms in total. The molecule has 0 aliphatic carbocycles. The van der Waals surface area contributed by atoms with Gasteiger partial charge in [0.2, 0.25) is 0 Å². The Balaban J connectivity index is 0.00000180. The van der Waals surface area contributed by atoms with Crippen molar-refractivity contribution >= 4 is 24.0 Å². The predicted molar refractivity (Wildman–Crippen MR) is 86.5 cm³/mol. The first kappa shape index (κ1) is 16.8. The summed E-state index contributed by atoms with van der Waals surface area (Å²) in [6, 6.07) is 9.08. The van der Waals surface area contributed by atoms with Crippen molar-refractivity contribution < 1.29 is 0 Å². The van der Waals surface area contributed by atoms with Crippen molar-refractivity contribution in [3.05, 3.63) is 34.9 Å². The van der Waals surface area contributed by atoms with Crippen molar-refractivity contribution in [2.45, 2.75) is 51.5 Å². The fraction of sp³-hybridized carbons (Fsp3) is 0.625. The van der Waals surface area contributed by atoms with E-state index in [9.17, 15) is 0 Å². The molecule has 0 amide bonds. The van der Waals surface area contributed by atoms with Crippen molar-refractivity contribution in [3.63, 3.8) is 0 Å². The average Bonchev–Trinajstić information content (AvgIpc) is 2.38. The molecule has 1 heterocycles. The highest BCUT2D eigenvalue weighted by Gasteiger charge is 2.25. The Kier molecular flexibility index (Phi) is 7.20. The first-order valence-electron chi connectivity index (χ1n) is 7.15. The van der Waals surface area contributed by atoms with Gasteiger partial charge in [-0.1, -0.05) is 44.0 Å². The van der Waals surface area contributed by atoms with Gasteiger partial charge in [0.05, 0.1) is 0 Å². The van der Waals surface area contributed by atoms with E-state index in [1.807, 2.05) is 12.1 Å². The summed E-state index contributed by atoms with van der Waals surface area (Å²) in [5, 5.41) is 4.54. The van der Waals surface area contributed by atoms with Crippen LogP contribution in [-0.4, -0.2) is 12.6 Å². The van der Waals surface area contributed by atoms with Gasteiger partial charge in [-0.2, -0.15) is 0 Å². The minimum Gasteiger partial charge on any atom is -0.313 e. The molecule has 0 bridgehead atoms. The molecule has 19 heavy (non-hydrogen) atoms. The van der Waals surface area contributed by atoms with Crippen molar-refractivity contribution in [1.82, 2.24) is 5.32 Å². The maximum absolute atomic E-state index is 5.99. The van der Waals surface area contributed by atoms with Gasteiger partial charge in [-0.25, -0.2) is 0 Å². The van der Waals surface area contributed by atoms with E-state index in [1.165, 1.54) is 37.8 Å². The Hall–Kier alpha value is -0.240. The lowest BCUT2D eigenvalue weighted by molar-refractivity contribution is 0.318. The molecule has 0 saturated carbocycles. The highest BCUT2D eigenvalue weighted by molar-refractivity contribution is 6.30. The minimum atomic E-state index is 0. The Morgan fingerprint density at radius 1 is 1.21 bits per heavy atom. The van der Waals surface area contributed by atoms with E-state index >= 15 is 0 Å². The van der Waals surface area contributed by atoms with E-state index in [1.54, 1.807) is 0 Å². The number of piperidine rings is 1.